The number of anilines is 1. The van der Waals surface area contributed by atoms with Gasteiger partial charge in [-0.1, -0.05) is 12.1 Å². The number of rotatable bonds is 9. The molecule has 4 aromatic rings. The summed E-state index contributed by atoms with van der Waals surface area (Å²) in [4.78, 5) is 22.8. The molecule has 0 saturated heterocycles. The summed E-state index contributed by atoms with van der Waals surface area (Å²) in [5, 5.41) is 4.14. The lowest BCUT2D eigenvalue weighted by Crippen LogP contribution is -2.19. The summed E-state index contributed by atoms with van der Waals surface area (Å²) in [6.45, 7) is 7.24. The largest absolute Gasteiger partial charge is 0.492 e. The Morgan fingerprint density at radius 2 is 1.89 bits per heavy atom. The van der Waals surface area contributed by atoms with Crippen molar-refractivity contribution in [3.8, 4) is 28.1 Å². The molecule has 188 valence electrons. The monoisotopic (exact) mass is 486 g/mol. The minimum absolute atomic E-state index is 0.206. The normalized spacial score (nSPS) is 11.3. The smallest absolute Gasteiger partial charge is 0.339 e. The first kappa shape index (κ1) is 25.3. The van der Waals surface area contributed by atoms with Crippen molar-refractivity contribution >= 4 is 22.7 Å². The number of esters is 1. The standard InChI is InChI=1S/C29H34N4O3/c1-18(2)36-29(34)21-16-24-26(23-8-7-9-25(30-4)19(23)3)27(32-28(24)31-17-21)20-10-12-22(13-11-20)35-15-14-33(5)6/h7-13,16-18,30H,14-15H2,1-6H3,(H,31,32). The van der Waals surface area contributed by atoms with Crippen molar-refractivity contribution in [2.75, 3.05) is 39.6 Å². The molecule has 7 heteroatoms. The van der Waals surface area contributed by atoms with Gasteiger partial charge in [0.2, 0.25) is 0 Å². The van der Waals surface area contributed by atoms with E-state index in [4.69, 9.17) is 9.47 Å². The molecule has 7 nitrogen and oxygen atoms in total. The van der Waals surface area contributed by atoms with Gasteiger partial charge in [-0.15, -0.1) is 0 Å². The van der Waals surface area contributed by atoms with E-state index in [0.717, 1.165) is 51.3 Å². The number of nitrogens with one attached hydrogen (secondary N) is 2. The zero-order chi connectivity index (χ0) is 25.8. The number of hydrogen-bond donors (Lipinski definition) is 2. The van der Waals surface area contributed by atoms with Crippen molar-refractivity contribution in [3.05, 3.63) is 65.9 Å². The summed E-state index contributed by atoms with van der Waals surface area (Å²) in [6.07, 6.45) is 1.36. The Hall–Kier alpha value is -3.84. The molecule has 0 bridgehead atoms. The molecule has 0 spiro atoms. The first-order chi connectivity index (χ1) is 17.3. The van der Waals surface area contributed by atoms with Crippen LogP contribution < -0.4 is 10.1 Å². The van der Waals surface area contributed by atoms with Crippen LogP contribution in [0.1, 0.15) is 29.8 Å². The molecular weight excluding hydrogens is 452 g/mol. The molecule has 0 unspecified atom stereocenters. The number of H-pyrrole nitrogens is 1. The third kappa shape index (κ3) is 5.36. The van der Waals surface area contributed by atoms with E-state index < -0.39 is 0 Å². The van der Waals surface area contributed by atoms with Crippen LogP contribution in [-0.4, -0.2) is 61.2 Å². The van der Waals surface area contributed by atoms with E-state index in [0.29, 0.717) is 17.8 Å². The number of carbonyl (C=O) groups is 1. The van der Waals surface area contributed by atoms with Crippen LogP contribution >= 0.6 is 0 Å². The average molecular weight is 487 g/mol. The van der Waals surface area contributed by atoms with Gasteiger partial charge in [0, 0.05) is 36.4 Å². The fourth-order valence-corrected chi connectivity index (χ4v) is 4.20. The molecule has 0 amide bonds. The van der Waals surface area contributed by atoms with E-state index in [1.54, 1.807) is 6.20 Å². The maximum atomic E-state index is 12.7. The van der Waals surface area contributed by atoms with E-state index in [9.17, 15) is 4.79 Å². The molecular formula is C29H34N4O3. The van der Waals surface area contributed by atoms with Crippen LogP contribution in [0.3, 0.4) is 0 Å². The van der Waals surface area contributed by atoms with Crippen LogP contribution in [-0.2, 0) is 4.74 Å². The van der Waals surface area contributed by atoms with Gasteiger partial charge in [-0.3, -0.25) is 0 Å². The second-order valence-electron chi connectivity index (χ2n) is 9.35. The SMILES string of the molecule is CNc1cccc(-c2c(-c3ccc(OCCN(C)C)cc3)[nH]c3ncc(C(=O)OC(C)C)cc23)c1C. The Labute approximate surface area is 212 Å². The Balaban J connectivity index is 1.84. The molecule has 0 aliphatic carbocycles. The van der Waals surface area contributed by atoms with Crippen molar-refractivity contribution in [2.24, 2.45) is 0 Å². The maximum Gasteiger partial charge on any atom is 0.339 e. The van der Waals surface area contributed by atoms with Gasteiger partial charge in [0.15, 0.2) is 0 Å². The Bertz CT molecular complexity index is 1360. The fourth-order valence-electron chi connectivity index (χ4n) is 4.20. The summed E-state index contributed by atoms with van der Waals surface area (Å²) < 4.78 is 11.3. The lowest BCUT2D eigenvalue weighted by Gasteiger charge is -2.14. The second-order valence-corrected chi connectivity index (χ2v) is 9.35. The lowest BCUT2D eigenvalue weighted by molar-refractivity contribution is 0.0377. The molecule has 0 fully saturated rings. The summed E-state index contributed by atoms with van der Waals surface area (Å²) in [6, 6.07) is 16.1. The molecule has 2 N–H and O–H groups in total. The number of carbonyl (C=O) groups excluding carboxylic acids is 1. The summed E-state index contributed by atoms with van der Waals surface area (Å²) in [5.41, 5.74) is 7.28. The van der Waals surface area contributed by atoms with Gasteiger partial charge in [0.05, 0.1) is 17.4 Å². The van der Waals surface area contributed by atoms with Gasteiger partial charge < -0.3 is 24.7 Å². The molecule has 2 aromatic carbocycles. The molecule has 0 aliphatic rings. The van der Waals surface area contributed by atoms with Crippen molar-refractivity contribution < 1.29 is 14.3 Å². The number of pyridine rings is 1. The van der Waals surface area contributed by atoms with Crippen LogP contribution in [0.5, 0.6) is 5.75 Å². The quantitative estimate of drug-likeness (QED) is 0.293. The molecule has 36 heavy (non-hydrogen) atoms. The van der Waals surface area contributed by atoms with Crippen LogP contribution in [0.15, 0.2) is 54.7 Å². The second kappa shape index (κ2) is 10.8. The first-order valence-electron chi connectivity index (χ1n) is 12.2. The topological polar surface area (TPSA) is 79.5 Å². The predicted molar refractivity (Wildman–Crippen MR) is 146 cm³/mol. The maximum absolute atomic E-state index is 12.7. The van der Waals surface area contributed by atoms with Crippen molar-refractivity contribution in [3.63, 3.8) is 0 Å². The molecule has 2 heterocycles. The molecule has 4 rings (SSSR count). The third-order valence-electron chi connectivity index (χ3n) is 6.05. The molecule has 0 saturated carbocycles. The van der Waals surface area contributed by atoms with E-state index in [1.165, 1.54) is 0 Å². The highest BCUT2D eigenvalue weighted by molar-refractivity contribution is 6.06. The molecule has 0 radical (unpaired) electrons. The number of ether oxygens (including phenoxy) is 2. The van der Waals surface area contributed by atoms with Crippen LogP contribution in [0.2, 0.25) is 0 Å². The number of benzene rings is 2. The summed E-state index contributed by atoms with van der Waals surface area (Å²) >= 11 is 0. The minimum atomic E-state index is -0.381. The van der Waals surface area contributed by atoms with Crippen LogP contribution in [0.25, 0.3) is 33.4 Å². The van der Waals surface area contributed by atoms with Gasteiger partial charge in [0.25, 0.3) is 0 Å². The minimum Gasteiger partial charge on any atom is -0.492 e. The highest BCUT2D eigenvalue weighted by Crippen LogP contribution is 2.41. The van der Waals surface area contributed by atoms with Gasteiger partial charge in [-0.2, -0.15) is 0 Å². The summed E-state index contributed by atoms with van der Waals surface area (Å²) in [5.74, 6) is 0.441. The van der Waals surface area contributed by atoms with Gasteiger partial charge in [-0.25, -0.2) is 9.78 Å². The van der Waals surface area contributed by atoms with E-state index in [-0.39, 0.29) is 12.1 Å². The van der Waals surface area contributed by atoms with E-state index in [1.807, 2.05) is 71.4 Å². The highest BCUT2D eigenvalue weighted by Gasteiger charge is 2.21. The molecule has 0 aliphatic heterocycles. The Morgan fingerprint density at radius 3 is 2.56 bits per heavy atom. The van der Waals surface area contributed by atoms with Crippen LogP contribution in [0.4, 0.5) is 5.69 Å². The van der Waals surface area contributed by atoms with Gasteiger partial charge in [-0.05, 0) is 88.0 Å². The number of fused-ring (bicyclic) bond motifs is 1. The third-order valence-corrected chi connectivity index (χ3v) is 6.05. The fraction of sp³-hybridized carbons (Fsp3) is 0.310. The molecule has 2 aromatic heterocycles. The molecule has 0 atom stereocenters. The highest BCUT2D eigenvalue weighted by atomic mass is 16.5. The number of likely N-dealkylation sites (N-methyl/N-ethyl adjacent to an activating group) is 1. The number of nitrogens with zero attached hydrogens (tertiary/aromatic N) is 2. The Kier molecular flexibility index (Phi) is 7.60. The van der Waals surface area contributed by atoms with Gasteiger partial charge in [0.1, 0.15) is 18.0 Å². The van der Waals surface area contributed by atoms with E-state index in [2.05, 4.69) is 39.2 Å². The summed E-state index contributed by atoms with van der Waals surface area (Å²) in [7, 11) is 5.96. The average Bonchev–Trinajstić information content (AvgIpc) is 3.22. The van der Waals surface area contributed by atoms with Crippen molar-refractivity contribution in [2.45, 2.75) is 26.9 Å². The first-order valence-corrected chi connectivity index (χ1v) is 12.2. The number of hydrogen-bond acceptors (Lipinski definition) is 6. The van der Waals surface area contributed by atoms with Gasteiger partial charge >= 0.3 is 5.97 Å². The number of aromatic nitrogens is 2. The lowest BCUT2D eigenvalue weighted by atomic mass is 9.94. The zero-order valence-electron chi connectivity index (χ0n) is 21.8. The predicted octanol–water partition coefficient (Wildman–Crippen LogP) is 5.75. The zero-order valence-corrected chi connectivity index (χ0v) is 21.8. The van der Waals surface area contributed by atoms with E-state index >= 15 is 0 Å². The Morgan fingerprint density at radius 1 is 1.14 bits per heavy atom. The van der Waals surface area contributed by atoms with Crippen LogP contribution in [0, 0.1) is 6.92 Å². The number of aromatic amines is 1. The van der Waals surface area contributed by atoms with Crippen molar-refractivity contribution in [1.29, 1.82) is 0 Å². The van der Waals surface area contributed by atoms with Crippen molar-refractivity contribution in [1.82, 2.24) is 14.9 Å².